The van der Waals surface area contributed by atoms with E-state index in [4.69, 9.17) is 50.0 Å². The summed E-state index contributed by atoms with van der Waals surface area (Å²) in [4.78, 5) is 0. The Bertz CT molecular complexity index is 642. The molecule has 0 fully saturated rings. The standard InChI is InChI=1S/C16H16Cl3NO2/c1-21-15-8-10(5-6-20)7-14(19)16(15)22-9-11-12(17)3-2-4-13(11)18/h2-4,7-8H,5-6,9,20H2,1H3. The van der Waals surface area contributed by atoms with Gasteiger partial charge in [-0.3, -0.25) is 0 Å². The molecule has 0 spiro atoms. The van der Waals surface area contributed by atoms with E-state index in [2.05, 4.69) is 0 Å². The third-order valence-corrected chi connectivity index (χ3v) is 4.13. The molecule has 2 aromatic rings. The Morgan fingerprint density at radius 3 is 2.32 bits per heavy atom. The van der Waals surface area contributed by atoms with Gasteiger partial charge in [-0.2, -0.15) is 0 Å². The average Bonchev–Trinajstić information content (AvgIpc) is 2.48. The van der Waals surface area contributed by atoms with Crippen molar-refractivity contribution < 1.29 is 9.47 Å². The molecule has 2 rings (SSSR count). The maximum atomic E-state index is 6.28. The monoisotopic (exact) mass is 359 g/mol. The zero-order valence-electron chi connectivity index (χ0n) is 12.0. The van der Waals surface area contributed by atoms with Gasteiger partial charge in [0.05, 0.1) is 12.1 Å². The SMILES string of the molecule is COc1cc(CCN)cc(Cl)c1OCc1c(Cl)cccc1Cl. The number of hydrogen-bond acceptors (Lipinski definition) is 3. The van der Waals surface area contributed by atoms with Gasteiger partial charge in [-0.1, -0.05) is 40.9 Å². The average molecular weight is 361 g/mol. The molecule has 2 aromatic carbocycles. The Kier molecular flexibility index (Phi) is 6.21. The lowest BCUT2D eigenvalue weighted by molar-refractivity contribution is 0.284. The molecule has 0 aliphatic heterocycles. The molecule has 0 saturated heterocycles. The van der Waals surface area contributed by atoms with Crippen LogP contribution in [0.1, 0.15) is 11.1 Å². The Balaban J connectivity index is 2.26. The van der Waals surface area contributed by atoms with Crippen LogP contribution >= 0.6 is 34.8 Å². The minimum atomic E-state index is 0.199. The van der Waals surface area contributed by atoms with Gasteiger partial charge < -0.3 is 15.2 Å². The lowest BCUT2D eigenvalue weighted by Crippen LogP contribution is -2.04. The summed E-state index contributed by atoms with van der Waals surface area (Å²) in [5, 5.41) is 1.55. The van der Waals surface area contributed by atoms with Gasteiger partial charge in [0.25, 0.3) is 0 Å². The summed E-state index contributed by atoms with van der Waals surface area (Å²) in [5.74, 6) is 1.01. The molecule has 3 nitrogen and oxygen atoms in total. The zero-order valence-corrected chi connectivity index (χ0v) is 14.3. The minimum absolute atomic E-state index is 0.199. The van der Waals surface area contributed by atoms with Crippen molar-refractivity contribution in [2.24, 2.45) is 5.73 Å². The highest BCUT2D eigenvalue weighted by Gasteiger charge is 2.14. The topological polar surface area (TPSA) is 44.5 Å². The second-order valence-corrected chi connectivity index (χ2v) is 5.86. The maximum absolute atomic E-state index is 6.28. The molecule has 22 heavy (non-hydrogen) atoms. The second-order valence-electron chi connectivity index (χ2n) is 4.64. The molecule has 0 amide bonds. The van der Waals surface area contributed by atoms with Crippen LogP contribution in [0, 0.1) is 0 Å². The first-order valence-electron chi connectivity index (χ1n) is 6.69. The van der Waals surface area contributed by atoms with Crippen LogP contribution in [0.25, 0.3) is 0 Å². The van der Waals surface area contributed by atoms with Gasteiger partial charge in [0.2, 0.25) is 0 Å². The third-order valence-electron chi connectivity index (χ3n) is 3.14. The van der Waals surface area contributed by atoms with E-state index in [1.54, 1.807) is 25.3 Å². The second kappa shape index (κ2) is 7.93. The van der Waals surface area contributed by atoms with Crippen LogP contribution in [-0.2, 0) is 13.0 Å². The first kappa shape index (κ1) is 17.2. The summed E-state index contributed by atoms with van der Waals surface area (Å²) >= 11 is 18.5. The first-order valence-corrected chi connectivity index (χ1v) is 7.82. The van der Waals surface area contributed by atoms with Crippen molar-refractivity contribution in [3.05, 3.63) is 56.5 Å². The number of rotatable bonds is 6. The van der Waals surface area contributed by atoms with Gasteiger partial charge in [0.1, 0.15) is 6.61 Å². The highest BCUT2D eigenvalue weighted by molar-refractivity contribution is 6.36. The van der Waals surface area contributed by atoms with Crippen LogP contribution in [0.5, 0.6) is 11.5 Å². The molecule has 0 atom stereocenters. The molecule has 0 bridgehead atoms. The van der Waals surface area contributed by atoms with Gasteiger partial charge in [0, 0.05) is 15.6 Å². The third kappa shape index (κ3) is 3.99. The van der Waals surface area contributed by atoms with E-state index < -0.39 is 0 Å². The van der Waals surface area contributed by atoms with E-state index in [-0.39, 0.29) is 6.61 Å². The van der Waals surface area contributed by atoms with Crippen LogP contribution in [0.3, 0.4) is 0 Å². The first-order chi connectivity index (χ1) is 10.6. The molecule has 0 radical (unpaired) electrons. The number of benzene rings is 2. The lowest BCUT2D eigenvalue weighted by Gasteiger charge is -2.15. The molecule has 0 unspecified atom stereocenters. The fourth-order valence-electron chi connectivity index (χ4n) is 2.04. The largest absolute Gasteiger partial charge is 0.493 e. The van der Waals surface area contributed by atoms with E-state index in [0.29, 0.717) is 45.1 Å². The van der Waals surface area contributed by atoms with E-state index >= 15 is 0 Å². The minimum Gasteiger partial charge on any atom is -0.493 e. The molecule has 0 aromatic heterocycles. The van der Waals surface area contributed by atoms with Gasteiger partial charge in [-0.25, -0.2) is 0 Å². The highest BCUT2D eigenvalue weighted by atomic mass is 35.5. The Labute approximate surface area is 144 Å². The van der Waals surface area contributed by atoms with Crippen LogP contribution in [0.15, 0.2) is 30.3 Å². The van der Waals surface area contributed by atoms with E-state index in [1.165, 1.54) is 0 Å². The molecular formula is C16H16Cl3NO2. The van der Waals surface area contributed by atoms with Crippen LogP contribution in [-0.4, -0.2) is 13.7 Å². The van der Waals surface area contributed by atoms with E-state index in [1.807, 2.05) is 12.1 Å². The Hall–Kier alpha value is -1.13. The predicted molar refractivity (Wildman–Crippen MR) is 91.6 cm³/mol. The highest BCUT2D eigenvalue weighted by Crippen LogP contribution is 2.38. The molecule has 0 saturated carbocycles. The van der Waals surface area contributed by atoms with Gasteiger partial charge in [-0.15, -0.1) is 0 Å². The van der Waals surface area contributed by atoms with Crippen molar-refractivity contribution in [3.8, 4) is 11.5 Å². The number of halogens is 3. The zero-order chi connectivity index (χ0) is 16.1. The van der Waals surface area contributed by atoms with E-state index in [9.17, 15) is 0 Å². The summed E-state index contributed by atoms with van der Waals surface area (Å²) in [5.41, 5.74) is 7.26. The normalized spacial score (nSPS) is 10.6. The van der Waals surface area contributed by atoms with Crippen molar-refractivity contribution in [1.82, 2.24) is 0 Å². The molecule has 0 aliphatic carbocycles. The van der Waals surface area contributed by atoms with Crippen LogP contribution < -0.4 is 15.2 Å². The Morgan fingerprint density at radius 1 is 1.05 bits per heavy atom. The summed E-state index contributed by atoms with van der Waals surface area (Å²) < 4.78 is 11.1. The fraction of sp³-hybridized carbons (Fsp3) is 0.250. The number of nitrogens with two attached hydrogens (primary N) is 1. The Morgan fingerprint density at radius 2 is 1.73 bits per heavy atom. The van der Waals surface area contributed by atoms with Crippen molar-refractivity contribution in [2.45, 2.75) is 13.0 Å². The quantitative estimate of drug-likeness (QED) is 0.809. The number of hydrogen-bond donors (Lipinski definition) is 1. The molecular weight excluding hydrogens is 345 g/mol. The molecule has 0 heterocycles. The van der Waals surface area contributed by atoms with Crippen LogP contribution in [0.4, 0.5) is 0 Å². The summed E-state index contributed by atoms with van der Waals surface area (Å²) in [6.45, 7) is 0.736. The van der Waals surface area contributed by atoms with Gasteiger partial charge in [0.15, 0.2) is 11.5 Å². The molecule has 6 heteroatoms. The predicted octanol–water partition coefficient (Wildman–Crippen LogP) is 4.74. The van der Waals surface area contributed by atoms with Crippen LogP contribution in [0.2, 0.25) is 15.1 Å². The summed E-state index contributed by atoms with van der Waals surface area (Å²) in [6, 6.07) is 8.98. The van der Waals surface area contributed by atoms with Crippen molar-refractivity contribution in [2.75, 3.05) is 13.7 Å². The molecule has 2 N–H and O–H groups in total. The van der Waals surface area contributed by atoms with E-state index in [0.717, 1.165) is 5.56 Å². The summed E-state index contributed by atoms with van der Waals surface area (Å²) in [7, 11) is 1.56. The van der Waals surface area contributed by atoms with Crippen molar-refractivity contribution in [3.63, 3.8) is 0 Å². The summed E-state index contributed by atoms with van der Waals surface area (Å²) in [6.07, 6.45) is 0.715. The maximum Gasteiger partial charge on any atom is 0.180 e. The fourth-order valence-corrected chi connectivity index (χ4v) is 2.83. The van der Waals surface area contributed by atoms with Gasteiger partial charge >= 0.3 is 0 Å². The number of ether oxygens (including phenoxy) is 2. The smallest absolute Gasteiger partial charge is 0.180 e. The van der Waals surface area contributed by atoms with Crippen molar-refractivity contribution >= 4 is 34.8 Å². The molecule has 118 valence electrons. The molecule has 0 aliphatic rings. The lowest BCUT2D eigenvalue weighted by atomic mass is 10.1. The number of methoxy groups -OCH3 is 1. The van der Waals surface area contributed by atoms with Crippen molar-refractivity contribution in [1.29, 1.82) is 0 Å². The van der Waals surface area contributed by atoms with Gasteiger partial charge in [-0.05, 0) is 42.8 Å².